The third-order valence-corrected chi connectivity index (χ3v) is 10.7. The summed E-state index contributed by atoms with van der Waals surface area (Å²) in [7, 11) is 0. The SMILES string of the molecule is c1ccc(-c2nc(-c3cccc(-c4cccc(-c5cccc(-c6nc(-c7ccccc7)c7oc8ccccc8c7n6)c5)c4)c3)nc3c2ccc2ccccc23)cc1. The molecule has 0 bridgehead atoms. The first-order valence-corrected chi connectivity index (χ1v) is 19.0. The zero-order chi connectivity index (χ0) is 37.7. The Morgan fingerprint density at radius 2 is 0.772 bits per heavy atom. The van der Waals surface area contributed by atoms with Crippen molar-refractivity contribution in [3.8, 4) is 67.5 Å². The first kappa shape index (κ1) is 32.7. The van der Waals surface area contributed by atoms with Gasteiger partial charge < -0.3 is 4.42 Å². The van der Waals surface area contributed by atoms with Crippen LogP contribution in [0.1, 0.15) is 0 Å². The summed E-state index contributed by atoms with van der Waals surface area (Å²) in [5.41, 5.74) is 13.2. The van der Waals surface area contributed by atoms with Gasteiger partial charge in [-0.25, -0.2) is 19.9 Å². The standard InChI is InChI=1S/C52H32N4O/c1-3-15-34(16-4-1)46-44-29-28-33-14-7-8-25-42(33)48(44)55-51(53-46)40-23-12-21-38(31-40)36-19-11-20-37(30-36)39-22-13-24-41(32-39)52-54-47(35-17-5-2-6-18-35)50-49(56-52)43-26-9-10-27-45(43)57-50/h1-32H. The van der Waals surface area contributed by atoms with E-state index in [9.17, 15) is 0 Å². The highest BCUT2D eigenvalue weighted by molar-refractivity contribution is 6.10. The highest BCUT2D eigenvalue weighted by atomic mass is 16.3. The number of hydrogen-bond donors (Lipinski definition) is 0. The molecule has 0 radical (unpaired) electrons. The molecule has 0 amide bonds. The Kier molecular flexibility index (Phi) is 7.74. The van der Waals surface area contributed by atoms with Crippen LogP contribution in [0, 0.1) is 0 Å². The van der Waals surface area contributed by atoms with Crippen molar-refractivity contribution in [1.82, 2.24) is 19.9 Å². The lowest BCUT2D eigenvalue weighted by atomic mass is 9.96. The first-order valence-electron chi connectivity index (χ1n) is 19.0. The second-order valence-corrected chi connectivity index (χ2v) is 14.2. The molecule has 0 aliphatic carbocycles. The summed E-state index contributed by atoms with van der Waals surface area (Å²) >= 11 is 0. The van der Waals surface area contributed by atoms with Crippen LogP contribution < -0.4 is 0 Å². The van der Waals surface area contributed by atoms with E-state index in [1.165, 1.54) is 0 Å². The normalized spacial score (nSPS) is 11.5. The molecule has 11 aromatic rings. The molecular formula is C52H32N4O. The lowest BCUT2D eigenvalue weighted by Gasteiger charge is -2.12. The number of hydrogen-bond acceptors (Lipinski definition) is 5. The van der Waals surface area contributed by atoms with Crippen molar-refractivity contribution in [3.63, 3.8) is 0 Å². The van der Waals surface area contributed by atoms with Crippen LogP contribution in [-0.4, -0.2) is 19.9 Å². The van der Waals surface area contributed by atoms with E-state index in [4.69, 9.17) is 24.4 Å². The summed E-state index contributed by atoms with van der Waals surface area (Å²) < 4.78 is 6.34. The molecule has 0 aliphatic rings. The van der Waals surface area contributed by atoms with Crippen LogP contribution in [0.5, 0.6) is 0 Å². The monoisotopic (exact) mass is 728 g/mol. The molecule has 0 fully saturated rings. The molecule has 266 valence electrons. The van der Waals surface area contributed by atoms with E-state index in [0.717, 1.165) is 94.1 Å². The van der Waals surface area contributed by atoms with Crippen molar-refractivity contribution in [1.29, 1.82) is 0 Å². The van der Waals surface area contributed by atoms with Gasteiger partial charge in [-0.15, -0.1) is 0 Å². The molecule has 0 saturated heterocycles. The first-order chi connectivity index (χ1) is 28.2. The largest absolute Gasteiger partial charge is 0.452 e. The summed E-state index contributed by atoms with van der Waals surface area (Å²) in [6.45, 7) is 0. The summed E-state index contributed by atoms with van der Waals surface area (Å²) in [5.74, 6) is 1.34. The van der Waals surface area contributed by atoms with Gasteiger partial charge in [0.05, 0.1) is 11.2 Å². The fourth-order valence-corrected chi connectivity index (χ4v) is 7.87. The lowest BCUT2D eigenvalue weighted by molar-refractivity contribution is 0.667. The van der Waals surface area contributed by atoms with E-state index < -0.39 is 0 Å². The maximum Gasteiger partial charge on any atom is 0.180 e. The van der Waals surface area contributed by atoms with Gasteiger partial charge in [-0.2, -0.15) is 0 Å². The van der Waals surface area contributed by atoms with Gasteiger partial charge in [-0.05, 0) is 64.0 Å². The molecule has 0 aliphatic heterocycles. The second-order valence-electron chi connectivity index (χ2n) is 14.2. The van der Waals surface area contributed by atoms with Crippen LogP contribution in [0.3, 0.4) is 0 Å². The van der Waals surface area contributed by atoms with Gasteiger partial charge in [-0.1, -0.05) is 158 Å². The Balaban J connectivity index is 0.994. The van der Waals surface area contributed by atoms with E-state index in [1.807, 2.05) is 42.5 Å². The Morgan fingerprint density at radius 1 is 0.298 bits per heavy atom. The Bertz CT molecular complexity index is 3300. The lowest BCUT2D eigenvalue weighted by Crippen LogP contribution is -1.96. The van der Waals surface area contributed by atoms with Crippen LogP contribution in [0.2, 0.25) is 0 Å². The highest BCUT2D eigenvalue weighted by Gasteiger charge is 2.19. The van der Waals surface area contributed by atoms with Gasteiger partial charge in [0.1, 0.15) is 16.8 Å². The summed E-state index contributed by atoms with van der Waals surface area (Å²) in [4.78, 5) is 20.7. The molecule has 0 spiro atoms. The summed E-state index contributed by atoms with van der Waals surface area (Å²) in [5, 5.41) is 4.27. The number of rotatable bonds is 6. The maximum atomic E-state index is 6.34. The van der Waals surface area contributed by atoms with Crippen molar-refractivity contribution < 1.29 is 4.42 Å². The van der Waals surface area contributed by atoms with Gasteiger partial charge in [0.15, 0.2) is 17.2 Å². The number of para-hydroxylation sites is 1. The number of benzene rings is 8. The van der Waals surface area contributed by atoms with Gasteiger partial charge >= 0.3 is 0 Å². The molecule has 11 rings (SSSR count). The van der Waals surface area contributed by atoms with Crippen molar-refractivity contribution in [3.05, 3.63) is 194 Å². The van der Waals surface area contributed by atoms with E-state index >= 15 is 0 Å². The third-order valence-electron chi connectivity index (χ3n) is 10.7. The van der Waals surface area contributed by atoms with Crippen LogP contribution in [-0.2, 0) is 0 Å². The van der Waals surface area contributed by atoms with Crippen LogP contribution in [0.25, 0.3) is 111 Å². The zero-order valence-electron chi connectivity index (χ0n) is 30.7. The minimum atomic E-state index is 0.650. The Labute approximate surface area is 328 Å². The van der Waals surface area contributed by atoms with Gasteiger partial charge in [0.2, 0.25) is 0 Å². The molecule has 57 heavy (non-hydrogen) atoms. The van der Waals surface area contributed by atoms with Crippen LogP contribution in [0.4, 0.5) is 0 Å². The number of aromatic nitrogens is 4. The van der Waals surface area contributed by atoms with E-state index in [-0.39, 0.29) is 0 Å². The predicted octanol–water partition coefficient (Wildman–Crippen LogP) is 13.5. The second kappa shape index (κ2) is 13.5. The molecule has 5 heteroatoms. The molecule has 3 heterocycles. The predicted molar refractivity (Wildman–Crippen MR) is 233 cm³/mol. The van der Waals surface area contributed by atoms with Gasteiger partial charge in [-0.3, -0.25) is 0 Å². The van der Waals surface area contributed by atoms with Crippen molar-refractivity contribution in [2.45, 2.75) is 0 Å². The summed E-state index contributed by atoms with van der Waals surface area (Å²) in [6.07, 6.45) is 0. The number of nitrogens with zero attached hydrogens (tertiary/aromatic N) is 4. The Hall–Kier alpha value is -7.76. The number of furan rings is 1. The molecule has 8 aromatic carbocycles. The van der Waals surface area contributed by atoms with Crippen LogP contribution >= 0.6 is 0 Å². The summed E-state index contributed by atoms with van der Waals surface area (Å²) in [6, 6.07) is 67.0. The van der Waals surface area contributed by atoms with Crippen molar-refractivity contribution in [2.75, 3.05) is 0 Å². The van der Waals surface area contributed by atoms with E-state index in [0.29, 0.717) is 17.2 Å². The van der Waals surface area contributed by atoms with Gasteiger partial charge in [0.25, 0.3) is 0 Å². The van der Waals surface area contributed by atoms with E-state index in [2.05, 4.69) is 152 Å². The Morgan fingerprint density at radius 3 is 1.42 bits per heavy atom. The molecule has 0 N–H and O–H groups in total. The quantitative estimate of drug-likeness (QED) is 0.160. The average Bonchev–Trinajstić information content (AvgIpc) is 3.68. The van der Waals surface area contributed by atoms with Crippen molar-refractivity contribution in [2.24, 2.45) is 0 Å². The minimum Gasteiger partial charge on any atom is -0.452 e. The molecule has 5 nitrogen and oxygen atoms in total. The van der Waals surface area contributed by atoms with Crippen LogP contribution in [0.15, 0.2) is 199 Å². The molecule has 3 aromatic heterocycles. The molecule has 0 saturated carbocycles. The fourth-order valence-electron chi connectivity index (χ4n) is 7.87. The van der Waals surface area contributed by atoms with Gasteiger partial charge in [0, 0.05) is 38.4 Å². The molecule has 0 unspecified atom stereocenters. The number of fused-ring (bicyclic) bond motifs is 6. The topological polar surface area (TPSA) is 64.7 Å². The highest BCUT2D eigenvalue weighted by Crippen LogP contribution is 2.38. The van der Waals surface area contributed by atoms with E-state index in [1.54, 1.807) is 0 Å². The maximum absolute atomic E-state index is 6.34. The molecular weight excluding hydrogens is 697 g/mol. The van der Waals surface area contributed by atoms with Crippen molar-refractivity contribution >= 4 is 43.7 Å². The minimum absolute atomic E-state index is 0.650. The smallest absolute Gasteiger partial charge is 0.180 e. The average molecular weight is 729 g/mol. The molecule has 0 atom stereocenters. The fraction of sp³-hybridized carbons (Fsp3) is 0. The zero-order valence-corrected chi connectivity index (χ0v) is 30.7. The third kappa shape index (κ3) is 5.81.